The molecule has 0 saturated heterocycles. The largest absolute Gasteiger partial charge is 0.319 e. The monoisotopic (exact) mass is 425 g/mol. The van der Waals surface area contributed by atoms with Gasteiger partial charge in [-0.3, -0.25) is 9.48 Å². The maximum atomic E-state index is 12.5. The predicted molar refractivity (Wildman–Crippen MR) is 109 cm³/mol. The Morgan fingerprint density at radius 3 is 2.62 bits per heavy atom. The lowest BCUT2D eigenvalue weighted by Gasteiger charge is -2.06. The Kier molecular flexibility index (Phi) is 6.14. The second-order valence-corrected chi connectivity index (χ2v) is 7.58. The smallest absolute Gasteiger partial charge is 0.257 e. The number of benzene rings is 2. The van der Waals surface area contributed by atoms with E-state index in [1.807, 2.05) is 18.4 Å². The Labute approximate surface area is 170 Å². The Balaban J connectivity index is 1.72. The second kappa shape index (κ2) is 8.35. The van der Waals surface area contributed by atoms with Crippen molar-refractivity contribution in [2.75, 3.05) is 11.6 Å². The fraction of sp³-hybridized carbons (Fsp3) is 0.111. The number of nitrogens with one attached hydrogen (secondary N) is 1. The molecule has 0 spiro atoms. The van der Waals surface area contributed by atoms with Gasteiger partial charge >= 0.3 is 0 Å². The molecule has 0 aliphatic carbocycles. The van der Waals surface area contributed by atoms with Gasteiger partial charge in [-0.1, -0.05) is 40.9 Å². The zero-order chi connectivity index (χ0) is 18.7. The van der Waals surface area contributed by atoms with E-state index in [-0.39, 0.29) is 5.91 Å². The molecule has 0 aliphatic rings. The number of halogens is 3. The van der Waals surface area contributed by atoms with E-state index >= 15 is 0 Å². The van der Waals surface area contributed by atoms with Crippen molar-refractivity contribution in [3.05, 3.63) is 75.0 Å². The molecule has 0 unspecified atom stereocenters. The van der Waals surface area contributed by atoms with Crippen LogP contribution in [0.3, 0.4) is 0 Å². The summed E-state index contributed by atoms with van der Waals surface area (Å²) in [5.41, 5.74) is 1.97. The maximum Gasteiger partial charge on any atom is 0.257 e. The highest BCUT2D eigenvalue weighted by Crippen LogP contribution is 2.25. The third-order valence-corrected chi connectivity index (χ3v) is 5.43. The van der Waals surface area contributed by atoms with Crippen molar-refractivity contribution in [2.24, 2.45) is 0 Å². The minimum absolute atomic E-state index is 0.278. The van der Waals surface area contributed by atoms with Gasteiger partial charge in [0.05, 0.1) is 39.1 Å². The van der Waals surface area contributed by atoms with E-state index in [1.54, 1.807) is 53.1 Å². The fourth-order valence-corrected chi connectivity index (χ4v) is 3.31. The molecule has 3 rings (SSSR count). The molecular weight excluding hydrogens is 413 g/mol. The molecule has 0 saturated carbocycles. The number of aromatic nitrogens is 2. The molecule has 0 fully saturated rings. The molecule has 2 aromatic carbocycles. The summed E-state index contributed by atoms with van der Waals surface area (Å²) in [5.74, 6) is -0.278. The van der Waals surface area contributed by atoms with Crippen LogP contribution < -0.4 is 5.32 Å². The minimum atomic E-state index is -0.278. The van der Waals surface area contributed by atoms with E-state index in [9.17, 15) is 4.79 Å². The number of anilines is 1. The number of hydrogen-bond acceptors (Lipinski definition) is 3. The van der Waals surface area contributed by atoms with E-state index in [1.165, 1.54) is 0 Å². The number of rotatable bonds is 5. The van der Waals surface area contributed by atoms with Gasteiger partial charge in [0.25, 0.3) is 5.91 Å². The SMILES string of the molecule is CSc1ccc(Cl)c(C(=O)Nc2cnn(Cc3ccc(Cl)c(Cl)c3)c2)c1. The number of nitrogens with zero attached hydrogens (tertiary/aromatic N) is 2. The van der Waals surface area contributed by atoms with Crippen molar-refractivity contribution >= 4 is 58.2 Å². The van der Waals surface area contributed by atoms with Crippen molar-refractivity contribution in [2.45, 2.75) is 11.4 Å². The minimum Gasteiger partial charge on any atom is -0.319 e. The molecule has 8 heteroatoms. The first kappa shape index (κ1) is 19.1. The summed E-state index contributed by atoms with van der Waals surface area (Å²) < 4.78 is 1.70. The summed E-state index contributed by atoms with van der Waals surface area (Å²) in [4.78, 5) is 13.4. The van der Waals surface area contributed by atoms with Crippen LogP contribution in [0.4, 0.5) is 5.69 Å². The summed E-state index contributed by atoms with van der Waals surface area (Å²) in [7, 11) is 0. The molecule has 134 valence electrons. The zero-order valence-electron chi connectivity index (χ0n) is 13.7. The molecule has 0 radical (unpaired) electrons. The lowest BCUT2D eigenvalue weighted by Crippen LogP contribution is -2.12. The van der Waals surface area contributed by atoms with E-state index < -0.39 is 0 Å². The lowest BCUT2D eigenvalue weighted by molar-refractivity contribution is 0.102. The topological polar surface area (TPSA) is 46.9 Å². The van der Waals surface area contributed by atoms with Crippen LogP contribution >= 0.6 is 46.6 Å². The first-order valence-corrected chi connectivity index (χ1v) is 9.93. The first-order valence-electron chi connectivity index (χ1n) is 7.57. The van der Waals surface area contributed by atoms with Crippen LogP contribution in [-0.2, 0) is 6.54 Å². The third kappa shape index (κ3) is 4.54. The number of carbonyl (C=O) groups excluding carboxylic acids is 1. The van der Waals surface area contributed by atoms with Gasteiger partial charge in [-0.15, -0.1) is 11.8 Å². The van der Waals surface area contributed by atoms with Gasteiger partial charge in [-0.25, -0.2) is 0 Å². The zero-order valence-corrected chi connectivity index (χ0v) is 16.8. The van der Waals surface area contributed by atoms with E-state index in [4.69, 9.17) is 34.8 Å². The number of hydrogen-bond donors (Lipinski definition) is 1. The van der Waals surface area contributed by atoms with Crippen LogP contribution in [0.1, 0.15) is 15.9 Å². The van der Waals surface area contributed by atoms with E-state index in [2.05, 4.69) is 10.4 Å². The summed E-state index contributed by atoms with van der Waals surface area (Å²) in [6.07, 6.45) is 5.27. The highest BCUT2D eigenvalue weighted by Gasteiger charge is 2.13. The molecule has 1 heterocycles. The summed E-state index contributed by atoms with van der Waals surface area (Å²) in [6.45, 7) is 0.509. The van der Waals surface area contributed by atoms with E-state index in [0.717, 1.165) is 10.5 Å². The van der Waals surface area contributed by atoms with Crippen LogP contribution in [-0.4, -0.2) is 21.9 Å². The van der Waals surface area contributed by atoms with Crippen LogP contribution in [0.2, 0.25) is 15.1 Å². The van der Waals surface area contributed by atoms with Crippen LogP contribution in [0, 0.1) is 0 Å². The fourth-order valence-electron chi connectivity index (χ4n) is 2.34. The number of amides is 1. The Bertz CT molecular complexity index is 959. The van der Waals surface area contributed by atoms with Gasteiger partial charge < -0.3 is 5.32 Å². The van der Waals surface area contributed by atoms with Gasteiger partial charge in [-0.05, 0) is 42.2 Å². The normalized spacial score (nSPS) is 10.8. The maximum absolute atomic E-state index is 12.5. The summed E-state index contributed by atoms with van der Waals surface area (Å²) in [5, 5.41) is 8.48. The Morgan fingerprint density at radius 2 is 1.88 bits per heavy atom. The molecule has 0 bridgehead atoms. The van der Waals surface area contributed by atoms with Gasteiger partial charge in [-0.2, -0.15) is 5.10 Å². The van der Waals surface area contributed by atoms with Crippen molar-refractivity contribution in [3.63, 3.8) is 0 Å². The third-order valence-electron chi connectivity index (χ3n) is 3.64. The van der Waals surface area contributed by atoms with Gasteiger partial charge in [0, 0.05) is 11.1 Å². The second-order valence-electron chi connectivity index (χ2n) is 5.47. The van der Waals surface area contributed by atoms with Crippen molar-refractivity contribution in [1.29, 1.82) is 0 Å². The summed E-state index contributed by atoms with van der Waals surface area (Å²) in [6, 6.07) is 10.8. The van der Waals surface area contributed by atoms with Gasteiger partial charge in [0.1, 0.15) is 0 Å². The molecule has 1 aromatic heterocycles. The lowest BCUT2D eigenvalue weighted by atomic mass is 10.2. The Morgan fingerprint density at radius 1 is 1.12 bits per heavy atom. The van der Waals surface area contributed by atoms with Crippen molar-refractivity contribution < 1.29 is 4.79 Å². The molecule has 4 nitrogen and oxygen atoms in total. The molecule has 0 aliphatic heterocycles. The highest BCUT2D eigenvalue weighted by atomic mass is 35.5. The van der Waals surface area contributed by atoms with Crippen LogP contribution in [0.5, 0.6) is 0 Å². The standard InChI is InChI=1S/C18H14Cl3N3OS/c1-26-13-3-5-15(19)14(7-13)18(25)23-12-8-22-24(10-12)9-11-2-4-16(20)17(21)6-11/h2-8,10H,9H2,1H3,(H,23,25). The molecule has 1 amide bonds. The summed E-state index contributed by atoms with van der Waals surface area (Å²) >= 11 is 19.6. The van der Waals surface area contributed by atoms with Gasteiger partial charge in [0.2, 0.25) is 0 Å². The van der Waals surface area contributed by atoms with Crippen molar-refractivity contribution in [1.82, 2.24) is 9.78 Å². The van der Waals surface area contributed by atoms with E-state index in [0.29, 0.717) is 32.9 Å². The molecule has 3 aromatic rings. The molecule has 0 atom stereocenters. The quantitative estimate of drug-likeness (QED) is 0.519. The molecule has 26 heavy (non-hydrogen) atoms. The Hall–Kier alpha value is -1.66. The average molecular weight is 427 g/mol. The molecular formula is C18H14Cl3N3OS. The van der Waals surface area contributed by atoms with Crippen molar-refractivity contribution in [3.8, 4) is 0 Å². The van der Waals surface area contributed by atoms with Crippen LogP contribution in [0.25, 0.3) is 0 Å². The van der Waals surface area contributed by atoms with Crippen LogP contribution in [0.15, 0.2) is 53.7 Å². The average Bonchev–Trinajstić information content (AvgIpc) is 3.05. The molecule has 1 N–H and O–H groups in total. The van der Waals surface area contributed by atoms with Gasteiger partial charge in [0.15, 0.2) is 0 Å². The number of thioether (sulfide) groups is 1. The highest BCUT2D eigenvalue weighted by molar-refractivity contribution is 7.98. The number of carbonyl (C=O) groups is 1. The first-order chi connectivity index (χ1) is 12.5. The predicted octanol–water partition coefficient (Wildman–Crippen LogP) is 5.87.